The number of piperidine rings is 1. The number of likely N-dealkylation sites (tertiary alicyclic amines) is 1. The van der Waals surface area contributed by atoms with E-state index in [4.69, 9.17) is 5.11 Å². The summed E-state index contributed by atoms with van der Waals surface area (Å²) in [7, 11) is 1.69. The number of aliphatic hydroxyl groups excluding tert-OH is 1. The largest absolute Gasteiger partial charge is 0.396 e. The fraction of sp³-hybridized carbons (Fsp3) is 0.750. The summed E-state index contributed by atoms with van der Waals surface area (Å²) in [5.74, 6) is -0.836. The number of aliphatic hydroxyl groups is 1. The van der Waals surface area contributed by atoms with Crippen LogP contribution in [0.1, 0.15) is 0 Å². The monoisotopic (exact) mass is 184 g/mol. The highest BCUT2D eigenvalue weighted by molar-refractivity contribution is 6.09. The molecule has 0 aromatic rings. The van der Waals surface area contributed by atoms with E-state index in [0.717, 1.165) is 0 Å². The van der Waals surface area contributed by atoms with E-state index < -0.39 is 0 Å². The van der Waals surface area contributed by atoms with Crippen LogP contribution in [0.3, 0.4) is 0 Å². The van der Waals surface area contributed by atoms with Gasteiger partial charge in [0.1, 0.15) is 0 Å². The van der Waals surface area contributed by atoms with Gasteiger partial charge in [-0.1, -0.05) is 0 Å². The number of fused-ring (bicyclic) bond motifs is 1. The molecule has 0 aromatic heterocycles. The van der Waals surface area contributed by atoms with E-state index in [1.165, 1.54) is 4.90 Å². The van der Waals surface area contributed by atoms with Crippen molar-refractivity contribution in [2.24, 2.45) is 17.8 Å². The summed E-state index contributed by atoms with van der Waals surface area (Å²) in [5.41, 5.74) is 0. The molecule has 1 saturated heterocycles. The minimum Gasteiger partial charge on any atom is -0.396 e. The van der Waals surface area contributed by atoms with Crippen LogP contribution in [0.2, 0.25) is 0 Å². The maximum atomic E-state index is 11.5. The van der Waals surface area contributed by atoms with Crippen molar-refractivity contribution in [3.63, 3.8) is 0 Å². The lowest BCUT2D eigenvalue weighted by Gasteiger charge is -2.16. The molecule has 5 heteroatoms. The smallest absolute Gasteiger partial charge is 0.234 e. The predicted octanol–water partition coefficient (Wildman–Crippen LogP) is -1.61. The van der Waals surface area contributed by atoms with Crippen LogP contribution in [-0.4, -0.2) is 42.1 Å². The molecule has 0 spiro atoms. The van der Waals surface area contributed by atoms with Crippen molar-refractivity contribution in [1.29, 1.82) is 0 Å². The molecule has 2 atom stereocenters. The predicted molar refractivity (Wildman–Crippen MR) is 43.3 cm³/mol. The average Bonchev–Trinajstić information content (AvgIpc) is 2.80. The third kappa shape index (κ3) is 1.00. The number of imide groups is 1. The molecule has 0 radical (unpaired) electrons. The second-order valence-electron chi connectivity index (χ2n) is 3.51. The van der Waals surface area contributed by atoms with E-state index in [2.05, 4.69) is 5.32 Å². The molecule has 2 aliphatic rings. The Morgan fingerprint density at radius 2 is 1.92 bits per heavy atom. The fourth-order valence-electron chi connectivity index (χ4n) is 2.06. The minimum atomic E-state index is -0.231. The summed E-state index contributed by atoms with van der Waals surface area (Å²) in [6.45, 7) is 0.225. The highest BCUT2D eigenvalue weighted by Crippen LogP contribution is 2.52. The molecule has 2 amide bonds. The highest BCUT2D eigenvalue weighted by Gasteiger charge is 2.66. The topological polar surface area (TPSA) is 69.6 Å². The molecule has 0 aromatic carbocycles. The number of hydrogen-bond donors (Lipinski definition) is 2. The number of nitrogens with zero attached hydrogens (tertiary/aromatic N) is 1. The minimum absolute atomic E-state index is 0.0554. The van der Waals surface area contributed by atoms with Gasteiger partial charge < -0.3 is 10.4 Å². The van der Waals surface area contributed by atoms with Gasteiger partial charge in [0.2, 0.25) is 11.8 Å². The SMILES string of the molecule is CNCN1C(=O)C2C(CO)C2C1=O. The van der Waals surface area contributed by atoms with Gasteiger partial charge in [0.15, 0.2) is 0 Å². The summed E-state index contributed by atoms with van der Waals surface area (Å²) < 4.78 is 0. The molecule has 2 rings (SSSR count). The standard InChI is InChI=1S/C8H12N2O3/c1-9-3-10-7(12)5-4(2-11)6(5)8(10)13/h4-6,9,11H,2-3H2,1H3. The summed E-state index contributed by atoms with van der Waals surface area (Å²) in [6.07, 6.45) is 0. The molecule has 5 nitrogen and oxygen atoms in total. The molecule has 1 aliphatic heterocycles. The Hall–Kier alpha value is -0.940. The van der Waals surface area contributed by atoms with Crippen molar-refractivity contribution in [2.75, 3.05) is 20.3 Å². The molecular weight excluding hydrogens is 172 g/mol. The van der Waals surface area contributed by atoms with Crippen LogP contribution in [0, 0.1) is 17.8 Å². The van der Waals surface area contributed by atoms with Crippen LogP contribution in [0.15, 0.2) is 0 Å². The fourth-order valence-corrected chi connectivity index (χ4v) is 2.06. The zero-order valence-electron chi connectivity index (χ0n) is 7.36. The van der Waals surface area contributed by atoms with Gasteiger partial charge >= 0.3 is 0 Å². The lowest BCUT2D eigenvalue weighted by Crippen LogP contribution is -2.40. The Balaban J connectivity index is 2.08. The molecule has 1 aliphatic carbocycles. The zero-order chi connectivity index (χ0) is 9.59. The molecule has 72 valence electrons. The first-order valence-electron chi connectivity index (χ1n) is 4.33. The maximum Gasteiger partial charge on any atom is 0.234 e. The molecule has 2 N–H and O–H groups in total. The lowest BCUT2D eigenvalue weighted by molar-refractivity contribution is -0.142. The van der Waals surface area contributed by atoms with Crippen molar-refractivity contribution in [3.8, 4) is 0 Å². The van der Waals surface area contributed by atoms with Gasteiger partial charge in [-0.05, 0) is 7.05 Å². The molecule has 2 unspecified atom stereocenters. The second kappa shape index (κ2) is 2.78. The summed E-state index contributed by atoms with van der Waals surface area (Å²) in [4.78, 5) is 24.2. The number of rotatable bonds is 3. The molecule has 0 bridgehead atoms. The quantitative estimate of drug-likeness (QED) is 0.518. The zero-order valence-corrected chi connectivity index (χ0v) is 7.36. The van der Waals surface area contributed by atoms with Crippen molar-refractivity contribution >= 4 is 11.8 Å². The van der Waals surface area contributed by atoms with E-state index in [0.29, 0.717) is 0 Å². The summed E-state index contributed by atoms with van der Waals surface area (Å²) in [6, 6.07) is 0. The van der Waals surface area contributed by atoms with Crippen LogP contribution < -0.4 is 5.32 Å². The highest BCUT2D eigenvalue weighted by atomic mass is 16.3. The van der Waals surface area contributed by atoms with Crippen LogP contribution >= 0.6 is 0 Å². The summed E-state index contributed by atoms with van der Waals surface area (Å²) >= 11 is 0. The Morgan fingerprint density at radius 3 is 2.31 bits per heavy atom. The van der Waals surface area contributed by atoms with E-state index in [-0.39, 0.29) is 42.8 Å². The number of hydrogen-bond acceptors (Lipinski definition) is 4. The third-order valence-electron chi connectivity index (χ3n) is 2.80. The number of carbonyl (C=O) groups excluding carboxylic acids is 2. The van der Waals surface area contributed by atoms with Crippen LogP contribution in [0.5, 0.6) is 0 Å². The van der Waals surface area contributed by atoms with Gasteiger partial charge in [-0.15, -0.1) is 0 Å². The first kappa shape index (κ1) is 8.65. The second-order valence-corrected chi connectivity index (χ2v) is 3.51. The van der Waals surface area contributed by atoms with Gasteiger partial charge in [-0.25, -0.2) is 0 Å². The van der Waals surface area contributed by atoms with Gasteiger partial charge in [0.05, 0.1) is 18.5 Å². The van der Waals surface area contributed by atoms with E-state index in [9.17, 15) is 9.59 Å². The molecule has 13 heavy (non-hydrogen) atoms. The Bertz CT molecular complexity index is 244. The van der Waals surface area contributed by atoms with Gasteiger partial charge in [-0.2, -0.15) is 0 Å². The van der Waals surface area contributed by atoms with Gasteiger partial charge in [0, 0.05) is 12.5 Å². The van der Waals surface area contributed by atoms with Crippen molar-refractivity contribution in [1.82, 2.24) is 10.2 Å². The Labute approximate surface area is 75.7 Å². The van der Waals surface area contributed by atoms with Crippen molar-refractivity contribution in [3.05, 3.63) is 0 Å². The van der Waals surface area contributed by atoms with Gasteiger partial charge in [-0.3, -0.25) is 14.5 Å². The van der Waals surface area contributed by atoms with E-state index in [1.807, 2.05) is 0 Å². The molecule has 1 heterocycles. The van der Waals surface area contributed by atoms with E-state index in [1.54, 1.807) is 7.05 Å². The van der Waals surface area contributed by atoms with Crippen molar-refractivity contribution in [2.45, 2.75) is 0 Å². The molecular formula is C8H12N2O3. The first-order valence-corrected chi connectivity index (χ1v) is 4.33. The number of nitrogens with one attached hydrogen (secondary N) is 1. The number of carbonyl (C=O) groups is 2. The Kier molecular flexibility index (Phi) is 1.85. The Morgan fingerprint density at radius 1 is 1.38 bits per heavy atom. The van der Waals surface area contributed by atoms with Crippen LogP contribution in [0.4, 0.5) is 0 Å². The normalized spacial score (nSPS) is 36.8. The lowest BCUT2D eigenvalue weighted by atomic mass is 10.3. The maximum absolute atomic E-state index is 11.5. The average molecular weight is 184 g/mol. The van der Waals surface area contributed by atoms with Crippen LogP contribution in [-0.2, 0) is 9.59 Å². The first-order chi connectivity index (χ1) is 6.22. The summed E-state index contributed by atoms with van der Waals surface area (Å²) in [5, 5.41) is 11.6. The third-order valence-corrected chi connectivity index (χ3v) is 2.80. The van der Waals surface area contributed by atoms with Gasteiger partial charge in [0.25, 0.3) is 0 Å². The molecule has 1 saturated carbocycles. The van der Waals surface area contributed by atoms with Crippen molar-refractivity contribution < 1.29 is 14.7 Å². The number of amides is 2. The molecule has 2 fully saturated rings. The van der Waals surface area contributed by atoms with Crippen LogP contribution in [0.25, 0.3) is 0 Å². The van der Waals surface area contributed by atoms with E-state index >= 15 is 0 Å².